The van der Waals surface area contributed by atoms with Gasteiger partial charge in [0.2, 0.25) is 5.95 Å². The molecule has 1 aromatic carbocycles. The van der Waals surface area contributed by atoms with E-state index < -0.39 is 11.8 Å². The van der Waals surface area contributed by atoms with Crippen LogP contribution < -0.4 is 5.32 Å². The van der Waals surface area contributed by atoms with Gasteiger partial charge in [0.1, 0.15) is 0 Å². The Labute approximate surface area is 95.9 Å². The average molecular weight is 241 g/mol. The molecule has 1 heterocycles. The minimum atomic E-state index is -0.632. The fourth-order valence-electron chi connectivity index (χ4n) is 1.24. The van der Waals surface area contributed by atoms with Crippen LogP contribution in [0.3, 0.4) is 0 Å². The molecule has 0 fully saturated rings. The molecule has 0 amide bonds. The van der Waals surface area contributed by atoms with E-state index in [2.05, 4.69) is 10.3 Å². The van der Waals surface area contributed by atoms with Crippen LogP contribution in [0.4, 0.5) is 20.2 Å². The molecule has 1 aromatic heterocycles. The number of aromatic nitrogens is 1. The van der Waals surface area contributed by atoms with Crippen LogP contribution in [0.2, 0.25) is 5.02 Å². The van der Waals surface area contributed by atoms with Gasteiger partial charge in [0.25, 0.3) is 0 Å². The van der Waals surface area contributed by atoms with Crippen molar-refractivity contribution in [2.45, 2.75) is 0 Å². The van der Waals surface area contributed by atoms with Crippen molar-refractivity contribution >= 4 is 23.0 Å². The van der Waals surface area contributed by atoms with Gasteiger partial charge in [-0.1, -0.05) is 17.7 Å². The van der Waals surface area contributed by atoms with Gasteiger partial charge in [-0.05, 0) is 18.2 Å². The van der Waals surface area contributed by atoms with E-state index in [-0.39, 0.29) is 10.7 Å². The maximum Gasteiger partial charge on any atom is 0.214 e. The fourth-order valence-corrected chi connectivity index (χ4v) is 1.41. The second-order valence-corrected chi connectivity index (χ2v) is 3.50. The SMILES string of the molecule is Fc1cc(Nc2cccc(Cl)c2F)ccn1. The predicted octanol–water partition coefficient (Wildman–Crippen LogP) is 3.76. The van der Waals surface area contributed by atoms with Crippen LogP contribution in [0.15, 0.2) is 36.5 Å². The van der Waals surface area contributed by atoms with E-state index in [9.17, 15) is 8.78 Å². The lowest BCUT2D eigenvalue weighted by Crippen LogP contribution is -1.95. The Kier molecular flexibility index (Phi) is 3.01. The molecule has 2 rings (SSSR count). The summed E-state index contributed by atoms with van der Waals surface area (Å²) >= 11 is 5.61. The number of nitrogens with zero attached hydrogens (tertiary/aromatic N) is 1. The quantitative estimate of drug-likeness (QED) is 0.809. The van der Waals surface area contributed by atoms with E-state index in [1.807, 2.05) is 0 Å². The van der Waals surface area contributed by atoms with Gasteiger partial charge in [0.15, 0.2) is 5.82 Å². The first-order valence-corrected chi connectivity index (χ1v) is 4.87. The number of halogens is 3. The molecule has 0 aliphatic carbocycles. The molecule has 5 heteroatoms. The largest absolute Gasteiger partial charge is 0.353 e. The first-order valence-electron chi connectivity index (χ1n) is 4.49. The molecule has 0 saturated heterocycles. The average Bonchev–Trinajstić information content (AvgIpc) is 2.25. The second kappa shape index (κ2) is 4.45. The van der Waals surface area contributed by atoms with Crippen molar-refractivity contribution in [3.8, 4) is 0 Å². The maximum atomic E-state index is 13.5. The highest BCUT2D eigenvalue weighted by Gasteiger charge is 2.06. The van der Waals surface area contributed by atoms with Crippen molar-refractivity contribution < 1.29 is 8.78 Å². The highest BCUT2D eigenvalue weighted by atomic mass is 35.5. The number of benzene rings is 1. The first kappa shape index (κ1) is 10.8. The molecule has 16 heavy (non-hydrogen) atoms. The molecule has 2 aromatic rings. The number of hydrogen-bond acceptors (Lipinski definition) is 2. The normalized spacial score (nSPS) is 10.2. The minimum absolute atomic E-state index is 0.0135. The predicted molar refractivity (Wildman–Crippen MR) is 58.9 cm³/mol. The van der Waals surface area contributed by atoms with E-state index in [0.29, 0.717) is 5.69 Å². The van der Waals surface area contributed by atoms with E-state index in [1.54, 1.807) is 6.07 Å². The number of pyridine rings is 1. The van der Waals surface area contributed by atoms with Crippen LogP contribution in [0.1, 0.15) is 0 Å². The fraction of sp³-hybridized carbons (Fsp3) is 0. The van der Waals surface area contributed by atoms with Crippen molar-refractivity contribution in [3.05, 3.63) is 53.3 Å². The highest BCUT2D eigenvalue weighted by molar-refractivity contribution is 6.31. The van der Waals surface area contributed by atoms with Gasteiger partial charge in [-0.25, -0.2) is 9.37 Å². The van der Waals surface area contributed by atoms with Crippen LogP contribution in [0.25, 0.3) is 0 Å². The highest BCUT2D eigenvalue weighted by Crippen LogP contribution is 2.25. The van der Waals surface area contributed by atoms with Gasteiger partial charge >= 0.3 is 0 Å². The Morgan fingerprint density at radius 3 is 2.75 bits per heavy atom. The molecular weight excluding hydrogens is 234 g/mol. The Hall–Kier alpha value is -1.68. The zero-order valence-corrected chi connectivity index (χ0v) is 8.80. The zero-order chi connectivity index (χ0) is 11.5. The van der Waals surface area contributed by atoms with E-state index in [0.717, 1.165) is 0 Å². The third-order valence-corrected chi connectivity index (χ3v) is 2.25. The van der Waals surface area contributed by atoms with E-state index >= 15 is 0 Å². The van der Waals surface area contributed by atoms with Gasteiger partial charge in [0, 0.05) is 18.0 Å². The van der Waals surface area contributed by atoms with Crippen LogP contribution in [-0.2, 0) is 0 Å². The molecule has 82 valence electrons. The topological polar surface area (TPSA) is 24.9 Å². The van der Waals surface area contributed by atoms with Crippen molar-refractivity contribution in [2.75, 3.05) is 5.32 Å². The number of rotatable bonds is 2. The molecule has 0 bridgehead atoms. The Bertz CT molecular complexity index is 517. The summed E-state index contributed by atoms with van der Waals surface area (Å²) in [7, 11) is 0. The summed E-state index contributed by atoms with van der Waals surface area (Å²) < 4.78 is 26.3. The molecule has 0 radical (unpaired) electrons. The van der Waals surface area contributed by atoms with Crippen molar-refractivity contribution in [2.24, 2.45) is 0 Å². The molecule has 0 aliphatic rings. The lowest BCUT2D eigenvalue weighted by Gasteiger charge is -2.07. The number of anilines is 2. The van der Waals surface area contributed by atoms with Gasteiger partial charge < -0.3 is 5.32 Å². The first-order chi connectivity index (χ1) is 7.66. The summed E-state index contributed by atoms with van der Waals surface area (Å²) in [6.45, 7) is 0. The van der Waals surface area contributed by atoms with Gasteiger partial charge in [-0.3, -0.25) is 0 Å². The maximum absolute atomic E-state index is 13.5. The van der Waals surface area contributed by atoms with Crippen LogP contribution >= 0.6 is 11.6 Å². The third-order valence-electron chi connectivity index (χ3n) is 1.96. The molecule has 1 N–H and O–H groups in total. The van der Waals surface area contributed by atoms with E-state index in [4.69, 9.17) is 11.6 Å². The molecule has 0 aliphatic heterocycles. The number of nitrogens with one attached hydrogen (secondary N) is 1. The Morgan fingerprint density at radius 1 is 1.19 bits per heavy atom. The molecule has 0 unspecified atom stereocenters. The molecule has 0 atom stereocenters. The second-order valence-electron chi connectivity index (χ2n) is 3.09. The monoisotopic (exact) mass is 240 g/mol. The summed E-state index contributed by atoms with van der Waals surface area (Å²) in [6.07, 6.45) is 1.29. The summed E-state index contributed by atoms with van der Waals surface area (Å²) in [5, 5.41) is 2.73. The van der Waals surface area contributed by atoms with Crippen LogP contribution in [0, 0.1) is 11.8 Å². The Morgan fingerprint density at radius 2 is 2.00 bits per heavy atom. The van der Waals surface area contributed by atoms with Gasteiger partial charge in [0.05, 0.1) is 10.7 Å². The third kappa shape index (κ3) is 2.28. The molecule has 2 nitrogen and oxygen atoms in total. The molecule has 0 spiro atoms. The smallest absolute Gasteiger partial charge is 0.214 e. The van der Waals surface area contributed by atoms with Crippen molar-refractivity contribution in [1.82, 2.24) is 4.98 Å². The summed E-state index contributed by atoms with van der Waals surface area (Å²) in [6, 6.07) is 7.25. The minimum Gasteiger partial charge on any atom is -0.353 e. The summed E-state index contributed by atoms with van der Waals surface area (Å²) in [5.41, 5.74) is 0.603. The van der Waals surface area contributed by atoms with Crippen molar-refractivity contribution in [3.63, 3.8) is 0 Å². The lowest BCUT2D eigenvalue weighted by atomic mass is 10.3. The Balaban J connectivity index is 2.31. The summed E-state index contributed by atoms with van der Waals surface area (Å²) in [4.78, 5) is 3.39. The van der Waals surface area contributed by atoms with Gasteiger partial charge in [-0.2, -0.15) is 4.39 Å². The lowest BCUT2D eigenvalue weighted by molar-refractivity contribution is 0.584. The van der Waals surface area contributed by atoms with Crippen molar-refractivity contribution in [1.29, 1.82) is 0 Å². The molecule has 0 saturated carbocycles. The number of hydrogen-bond donors (Lipinski definition) is 1. The zero-order valence-electron chi connectivity index (χ0n) is 8.05. The van der Waals surface area contributed by atoms with Gasteiger partial charge in [-0.15, -0.1) is 0 Å². The van der Waals surface area contributed by atoms with E-state index in [1.165, 1.54) is 30.5 Å². The standard InChI is InChI=1S/C11H7ClF2N2/c12-8-2-1-3-9(11(8)14)16-7-4-5-15-10(13)6-7/h1-6H,(H,15,16). The van der Waals surface area contributed by atoms with Crippen LogP contribution in [-0.4, -0.2) is 4.98 Å². The molecular formula is C11H7ClF2N2. The van der Waals surface area contributed by atoms with Crippen LogP contribution in [0.5, 0.6) is 0 Å². The summed E-state index contributed by atoms with van der Waals surface area (Å²) in [5.74, 6) is -1.20.